The van der Waals surface area contributed by atoms with Crippen molar-refractivity contribution in [3.05, 3.63) is 71.8 Å². The van der Waals surface area contributed by atoms with E-state index in [4.69, 9.17) is 5.73 Å². The van der Waals surface area contributed by atoms with Crippen molar-refractivity contribution in [2.75, 3.05) is 25.5 Å². The van der Waals surface area contributed by atoms with Gasteiger partial charge in [0.05, 0.1) is 7.11 Å². The molecule has 0 fully saturated rings. The summed E-state index contributed by atoms with van der Waals surface area (Å²) >= 11 is 3.38. The van der Waals surface area contributed by atoms with Crippen LogP contribution in [0.1, 0.15) is 141 Å². The van der Waals surface area contributed by atoms with Crippen LogP contribution in [-0.4, -0.2) is 48.0 Å². The molecule has 0 atom stereocenters. The van der Waals surface area contributed by atoms with Crippen LogP contribution in [0.3, 0.4) is 0 Å². The molecule has 272 valence electrons. The van der Waals surface area contributed by atoms with E-state index in [1.165, 1.54) is 88.9 Å². The zero-order valence-electron chi connectivity index (χ0n) is 30.6. The minimum atomic E-state index is -0.0875. The number of ether oxygens (including phenoxy) is 1. The van der Waals surface area contributed by atoms with E-state index < -0.39 is 0 Å². The predicted molar refractivity (Wildman–Crippen MR) is 206 cm³/mol. The molecule has 0 aromatic heterocycles. The van der Waals surface area contributed by atoms with E-state index in [-0.39, 0.29) is 5.97 Å². The summed E-state index contributed by atoms with van der Waals surface area (Å²) in [6.45, 7) is 7.36. The number of Topliss-reactive ketones (excluding diaryl/α,β-unsaturated/α-hetero) is 2. The monoisotopic (exact) mass is 730 g/mol. The van der Waals surface area contributed by atoms with E-state index in [1.54, 1.807) is 13.8 Å². The summed E-state index contributed by atoms with van der Waals surface area (Å²) in [6.07, 6.45) is 19.8. The molecule has 0 aliphatic carbocycles. The first-order valence-electron chi connectivity index (χ1n) is 18.4. The van der Waals surface area contributed by atoms with Crippen molar-refractivity contribution < 1.29 is 19.1 Å². The fourth-order valence-corrected chi connectivity index (χ4v) is 5.60. The SMILES string of the molecule is CC(=O)CCCCCCCN(CCCCCCCC(C)=O)Cc1ccccc1.COC(=O)CCCCCCCBr.NCc1ccccc1. The summed E-state index contributed by atoms with van der Waals surface area (Å²) in [5.74, 6) is 0.543. The first-order chi connectivity index (χ1) is 23.3. The van der Waals surface area contributed by atoms with Crippen molar-refractivity contribution in [2.24, 2.45) is 5.73 Å². The van der Waals surface area contributed by atoms with Crippen LogP contribution < -0.4 is 5.73 Å². The number of rotatable bonds is 26. The van der Waals surface area contributed by atoms with Gasteiger partial charge in [0.15, 0.2) is 0 Å². The van der Waals surface area contributed by atoms with Gasteiger partial charge in [-0.2, -0.15) is 0 Å². The number of nitrogens with zero attached hydrogens (tertiary/aromatic N) is 1. The van der Waals surface area contributed by atoms with Crippen molar-refractivity contribution in [1.29, 1.82) is 0 Å². The highest BCUT2D eigenvalue weighted by Gasteiger charge is 2.06. The van der Waals surface area contributed by atoms with E-state index in [2.05, 4.69) is 55.9 Å². The van der Waals surface area contributed by atoms with Crippen molar-refractivity contribution in [3.8, 4) is 0 Å². The molecule has 2 aromatic carbocycles. The average molecular weight is 732 g/mol. The zero-order chi connectivity index (χ0) is 35.5. The quantitative estimate of drug-likeness (QED) is 0.0589. The molecule has 0 unspecified atom stereocenters. The maximum Gasteiger partial charge on any atom is 0.305 e. The van der Waals surface area contributed by atoms with Gasteiger partial charge in [0, 0.05) is 37.7 Å². The molecule has 2 N–H and O–H groups in total. The maximum absolute atomic E-state index is 11.0. The summed E-state index contributed by atoms with van der Waals surface area (Å²) in [5, 5.41) is 1.09. The molecular formula is C41H67BrN2O4. The van der Waals surface area contributed by atoms with Gasteiger partial charge in [0.2, 0.25) is 0 Å². The molecule has 0 aliphatic rings. The highest BCUT2D eigenvalue weighted by atomic mass is 79.9. The lowest BCUT2D eigenvalue weighted by Gasteiger charge is -2.22. The third kappa shape index (κ3) is 32.2. The van der Waals surface area contributed by atoms with Crippen LogP contribution in [0.15, 0.2) is 60.7 Å². The Morgan fingerprint density at radius 1 is 0.583 bits per heavy atom. The number of hydrogen-bond acceptors (Lipinski definition) is 6. The van der Waals surface area contributed by atoms with Gasteiger partial charge < -0.3 is 20.1 Å². The number of methoxy groups -OCH3 is 1. The van der Waals surface area contributed by atoms with Crippen LogP contribution in [-0.2, 0) is 32.2 Å². The van der Waals surface area contributed by atoms with Crippen molar-refractivity contribution in [2.45, 2.75) is 143 Å². The van der Waals surface area contributed by atoms with Gasteiger partial charge in [-0.1, -0.05) is 134 Å². The Bertz CT molecular complexity index is 992. The van der Waals surface area contributed by atoms with Crippen LogP contribution in [0.2, 0.25) is 0 Å². The number of carbonyl (C=O) groups is 3. The lowest BCUT2D eigenvalue weighted by Crippen LogP contribution is -2.25. The second kappa shape index (κ2) is 34.5. The second-order valence-electron chi connectivity index (χ2n) is 12.7. The molecule has 0 spiro atoms. The Morgan fingerprint density at radius 2 is 0.979 bits per heavy atom. The normalized spacial score (nSPS) is 10.5. The first kappa shape index (κ1) is 45.6. The molecule has 0 heterocycles. The number of unbranched alkanes of at least 4 members (excludes halogenated alkanes) is 12. The van der Waals surface area contributed by atoms with Gasteiger partial charge in [-0.15, -0.1) is 0 Å². The smallest absolute Gasteiger partial charge is 0.305 e. The van der Waals surface area contributed by atoms with E-state index in [0.717, 1.165) is 63.5 Å². The Balaban J connectivity index is 0.000000896. The lowest BCUT2D eigenvalue weighted by molar-refractivity contribution is -0.140. The number of esters is 1. The van der Waals surface area contributed by atoms with E-state index in [9.17, 15) is 14.4 Å². The van der Waals surface area contributed by atoms with Crippen LogP contribution >= 0.6 is 15.9 Å². The number of halogens is 1. The van der Waals surface area contributed by atoms with Crippen LogP contribution in [0.4, 0.5) is 0 Å². The zero-order valence-corrected chi connectivity index (χ0v) is 32.2. The summed E-state index contributed by atoms with van der Waals surface area (Å²) in [6, 6.07) is 20.8. The molecule has 2 rings (SSSR count). The number of benzene rings is 2. The van der Waals surface area contributed by atoms with Gasteiger partial charge in [-0.05, 0) is 76.6 Å². The van der Waals surface area contributed by atoms with Crippen LogP contribution in [0.5, 0.6) is 0 Å². The molecule has 7 heteroatoms. The maximum atomic E-state index is 11.0. The molecule has 0 saturated carbocycles. The summed E-state index contributed by atoms with van der Waals surface area (Å²) in [5.41, 5.74) is 7.93. The van der Waals surface area contributed by atoms with Gasteiger partial charge in [-0.3, -0.25) is 9.69 Å². The van der Waals surface area contributed by atoms with Gasteiger partial charge >= 0.3 is 5.97 Å². The summed E-state index contributed by atoms with van der Waals surface area (Å²) < 4.78 is 4.53. The highest BCUT2D eigenvalue weighted by Crippen LogP contribution is 2.12. The lowest BCUT2D eigenvalue weighted by atomic mass is 10.1. The Kier molecular flexibility index (Phi) is 32.8. The van der Waals surface area contributed by atoms with Crippen molar-refractivity contribution in [3.63, 3.8) is 0 Å². The van der Waals surface area contributed by atoms with E-state index >= 15 is 0 Å². The number of hydrogen-bond donors (Lipinski definition) is 1. The van der Waals surface area contributed by atoms with Crippen LogP contribution in [0.25, 0.3) is 0 Å². The second-order valence-corrected chi connectivity index (χ2v) is 13.5. The van der Waals surface area contributed by atoms with E-state index in [0.29, 0.717) is 24.5 Å². The molecular weight excluding hydrogens is 664 g/mol. The van der Waals surface area contributed by atoms with Gasteiger partial charge in [0.1, 0.15) is 11.6 Å². The molecule has 6 nitrogen and oxygen atoms in total. The summed E-state index contributed by atoms with van der Waals surface area (Å²) in [4.78, 5) is 35.2. The molecule has 0 radical (unpaired) electrons. The number of nitrogens with two attached hydrogens (primary N) is 1. The third-order valence-electron chi connectivity index (χ3n) is 8.08. The van der Waals surface area contributed by atoms with Gasteiger partial charge in [0.25, 0.3) is 0 Å². The Labute approximate surface area is 302 Å². The van der Waals surface area contributed by atoms with Crippen LogP contribution in [0, 0.1) is 0 Å². The number of alkyl halides is 1. The molecule has 48 heavy (non-hydrogen) atoms. The summed E-state index contributed by atoms with van der Waals surface area (Å²) in [7, 11) is 1.44. The Hall–Kier alpha value is -2.35. The molecule has 2 aromatic rings. The van der Waals surface area contributed by atoms with Gasteiger partial charge in [-0.25, -0.2) is 0 Å². The van der Waals surface area contributed by atoms with Crippen molar-refractivity contribution in [1.82, 2.24) is 4.90 Å². The number of ketones is 2. The molecule has 0 amide bonds. The minimum absolute atomic E-state index is 0.0875. The largest absolute Gasteiger partial charge is 0.469 e. The van der Waals surface area contributed by atoms with E-state index in [1.807, 2.05) is 30.3 Å². The van der Waals surface area contributed by atoms with Crippen molar-refractivity contribution >= 4 is 33.5 Å². The number of carbonyl (C=O) groups excluding carboxylic acids is 3. The Morgan fingerprint density at radius 3 is 1.38 bits per heavy atom. The minimum Gasteiger partial charge on any atom is -0.469 e. The predicted octanol–water partition coefficient (Wildman–Crippen LogP) is 10.4. The highest BCUT2D eigenvalue weighted by molar-refractivity contribution is 9.09. The molecule has 0 aliphatic heterocycles. The fraction of sp³-hybridized carbons (Fsp3) is 0.634. The average Bonchev–Trinajstić information content (AvgIpc) is 3.09. The standard InChI is InChI=1S/C25H41NO2.C9H17BrO2.C7H9N/c1-23(27)16-10-5-3-7-14-20-26(22-25-18-12-9-13-19-25)21-15-8-4-6-11-17-24(2)28;1-12-9(11)7-5-3-2-4-6-8-10;8-6-7-4-2-1-3-5-7/h9,12-13,18-19H,3-8,10-11,14-17,20-22H2,1-2H3;2-8H2,1H3;1-5H,6,8H2. The molecule has 0 saturated heterocycles. The third-order valence-corrected chi connectivity index (χ3v) is 8.64. The molecule has 0 bridgehead atoms. The first-order valence-corrected chi connectivity index (χ1v) is 19.6. The fourth-order valence-electron chi connectivity index (χ4n) is 5.20. The topological polar surface area (TPSA) is 89.7 Å².